The number of rotatable bonds is 3. The number of fused-ring (bicyclic) bond motifs is 1. The van der Waals surface area contributed by atoms with Crippen LogP contribution in [0.3, 0.4) is 0 Å². The van der Waals surface area contributed by atoms with Crippen LogP contribution in [0, 0.1) is 0 Å². The maximum atomic E-state index is 5.37. The van der Waals surface area contributed by atoms with Crippen molar-refractivity contribution in [3.05, 3.63) is 55.0 Å². The highest BCUT2D eigenvalue weighted by molar-refractivity contribution is 5.96. The van der Waals surface area contributed by atoms with Crippen LogP contribution in [0.15, 0.2) is 55.0 Å². The maximum absolute atomic E-state index is 5.37. The van der Waals surface area contributed by atoms with Crippen molar-refractivity contribution >= 4 is 22.3 Å². The first-order chi connectivity index (χ1) is 9.38. The van der Waals surface area contributed by atoms with Crippen molar-refractivity contribution in [2.24, 2.45) is 0 Å². The average Bonchev–Trinajstić information content (AvgIpc) is 2.48. The van der Waals surface area contributed by atoms with Gasteiger partial charge in [0.1, 0.15) is 11.6 Å². The molecule has 0 saturated heterocycles. The third-order valence-corrected chi connectivity index (χ3v) is 2.93. The molecule has 0 spiro atoms. The minimum absolute atomic E-state index is 0.808. The third kappa shape index (κ3) is 2.20. The van der Waals surface area contributed by atoms with Gasteiger partial charge in [-0.25, -0.2) is 4.98 Å². The third-order valence-electron chi connectivity index (χ3n) is 2.93. The fraction of sp³-hybridized carbons (Fsp3) is 0.0667. The van der Waals surface area contributed by atoms with Crippen LogP contribution >= 0.6 is 0 Å². The smallest absolute Gasteiger partial charge is 0.138 e. The van der Waals surface area contributed by atoms with E-state index >= 15 is 0 Å². The highest BCUT2D eigenvalue weighted by atomic mass is 16.5. The summed E-state index contributed by atoms with van der Waals surface area (Å²) in [7, 11) is 1.67. The number of aromatic nitrogens is 2. The topological polar surface area (TPSA) is 47.0 Å². The Labute approximate surface area is 111 Å². The monoisotopic (exact) mass is 251 g/mol. The first kappa shape index (κ1) is 11.5. The lowest BCUT2D eigenvalue weighted by Gasteiger charge is -2.10. The second-order valence-corrected chi connectivity index (χ2v) is 4.08. The summed E-state index contributed by atoms with van der Waals surface area (Å²) < 4.78 is 5.37. The standard InChI is InChI=1S/C15H13N3O/c1-19-14-4-2-3-13-12(14)7-10-17-15(13)18-11-5-8-16-9-6-11/h2-10H,1H3,(H,16,17,18). The molecule has 0 aliphatic rings. The van der Waals surface area contributed by atoms with Gasteiger partial charge in [-0.3, -0.25) is 4.98 Å². The lowest BCUT2D eigenvalue weighted by molar-refractivity contribution is 0.420. The fourth-order valence-corrected chi connectivity index (χ4v) is 2.03. The molecule has 0 bridgehead atoms. The lowest BCUT2D eigenvalue weighted by Crippen LogP contribution is -1.95. The van der Waals surface area contributed by atoms with Gasteiger partial charge in [0.15, 0.2) is 0 Å². The molecule has 1 N–H and O–H groups in total. The number of hydrogen-bond donors (Lipinski definition) is 1. The number of pyridine rings is 2. The van der Waals surface area contributed by atoms with Crippen LogP contribution < -0.4 is 10.1 Å². The molecular weight excluding hydrogens is 238 g/mol. The van der Waals surface area contributed by atoms with E-state index in [1.165, 1.54) is 0 Å². The molecule has 2 aromatic heterocycles. The number of anilines is 2. The second-order valence-electron chi connectivity index (χ2n) is 4.08. The van der Waals surface area contributed by atoms with Gasteiger partial charge in [-0.05, 0) is 24.3 Å². The van der Waals surface area contributed by atoms with E-state index in [1.807, 2.05) is 36.4 Å². The summed E-state index contributed by atoms with van der Waals surface area (Å²) in [5, 5.41) is 5.36. The molecule has 2 heterocycles. The average molecular weight is 251 g/mol. The van der Waals surface area contributed by atoms with Crippen LogP contribution in [-0.4, -0.2) is 17.1 Å². The Hall–Kier alpha value is -2.62. The van der Waals surface area contributed by atoms with Gasteiger partial charge in [0.2, 0.25) is 0 Å². The van der Waals surface area contributed by atoms with Crippen molar-refractivity contribution in [2.45, 2.75) is 0 Å². The number of benzene rings is 1. The number of nitrogens with one attached hydrogen (secondary N) is 1. The van der Waals surface area contributed by atoms with Crippen molar-refractivity contribution in [1.29, 1.82) is 0 Å². The zero-order valence-corrected chi connectivity index (χ0v) is 10.5. The van der Waals surface area contributed by atoms with E-state index in [9.17, 15) is 0 Å². The molecule has 3 rings (SSSR count). The highest BCUT2D eigenvalue weighted by Gasteiger charge is 2.06. The van der Waals surface area contributed by atoms with Crippen LogP contribution in [0.2, 0.25) is 0 Å². The van der Waals surface area contributed by atoms with E-state index in [2.05, 4.69) is 15.3 Å². The van der Waals surface area contributed by atoms with Crippen molar-refractivity contribution < 1.29 is 4.74 Å². The van der Waals surface area contributed by atoms with Crippen LogP contribution in [0.5, 0.6) is 5.75 Å². The lowest BCUT2D eigenvalue weighted by atomic mass is 10.1. The molecule has 94 valence electrons. The Morgan fingerprint density at radius 3 is 2.58 bits per heavy atom. The van der Waals surface area contributed by atoms with Gasteiger partial charge >= 0.3 is 0 Å². The van der Waals surface area contributed by atoms with Crippen LogP contribution in [0.4, 0.5) is 11.5 Å². The largest absolute Gasteiger partial charge is 0.496 e. The van der Waals surface area contributed by atoms with Gasteiger partial charge in [0.05, 0.1) is 7.11 Å². The van der Waals surface area contributed by atoms with Crippen LogP contribution in [0.1, 0.15) is 0 Å². The summed E-state index contributed by atoms with van der Waals surface area (Å²) in [6.45, 7) is 0. The Morgan fingerprint density at radius 2 is 1.79 bits per heavy atom. The normalized spacial score (nSPS) is 10.4. The van der Waals surface area contributed by atoms with Crippen molar-refractivity contribution in [2.75, 3.05) is 12.4 Å². The molecule has 0 aliphatic carbocycles. The Bertz CT molecular complexity index is 698. The van der Waals surface area contributed by atoms with E-state index in [0.29, 0.717) is 0 Å². The van der Waals surface area contributed by atoms with Gasteiger partial charge in [-0.2, -0.15) is 0 Å². The van der Waals surface area contributed by atoms with Crippen molar-refractivity contribution in [3.8, 4) is 5.75 Å². The Balaban J connectivity index is 2.09. The molecule has 0 aliphatic heterocycles. The minimum atomic E-state index is 0.808. The molecule has 4 heteroatoms. The SMILES string of the molecule is COc1cccc2c(Nc3ccncc3)nccc12. The molecule has 19 heavy (non-hydrogen) atoms. The summed E-state index contributed by atoms with van der Waals surface area (Å²) in [4.78, 5) is 8.39. The van der Waals surface area contributed by atoms with Gasteiger partial charge < -0.3 is 10.1 Å². The van der Waals surface area contributed by atoms with Gasteiger partial charge in [-0.15, -0.1) is 0 Å². The quantitative estimate of drug-likeness (QED) is 0.775. The Kier molecular flexibility index (Phi) is 2.98. The molecule has 0 amide bonds. The van der Waals surface area contributed by atoms with Crippen LogP contribution in [0.25, 0.3) is 10.8 Å². The van der Waals surface area contributed by atoms with Gasteiger partial charge in [-0.1, -0.05) is 12.1 Å². The number of nitrogens with zero attached hydrogens (tertiary/aromatic N) is 2. The molecule has 1 aromatic carbocycles. The van der Waals surface area contributed by atoms with Crippen molar-refractivity contribution in [3.63, 3.8) is 0 Å². The summed E-state index contributed by atoms with van der Waals surface area (Å²) in [5.41, 5.74) is 0.956. The fourth-order valence-electron chi connectivity index (χ4n) is 2.03. The molecule has 0 fully saturated rings. The molecule has 3 aromatic rings. The molecule has 0 atom stereocenters. The second kappa shape index (κ2) is 4.94. The minimum Gasteiger partial charge on any atom is -0.496 e. The Morgan fingerprint density at radius 1 is 0.947 bits per heavy atom. The summed E-state index contributed by atoms with van der Waals surface area (Å²) >= 11 is 0. The summed E-state index contributed by atoms with van der Waals surface area (Å²) in [6, 6.07) is 11.7. The first-order valence-corrected chi connectivity index (χ1v) is 5.97. The molecule has 4 nitrogen and oxygen atoms in total. The number of hydrogen-bond acceptors (Lipinski definition) is 4. The summed E-state index contributed by atoms with van der Waals surface area (Å²) in [6.07, 6.45) is 5.26. The maximum Gasteiger partial charge on any atom is 0.138 e. The number of ether oxygens (including phenoxy) is 1. The first-order valence-electron chi connectivity index (χ1n) is 5.97. The highest BCUT2D eigenvalue weighted by Crippen LogP contribution is 2.30. The molecule has 0 saturated carbocycles. The zero-order chi connectivity index (χ0) is 13.1. The van der Waals surface area contributed by atoms with Crippen LogP contribution in [-0.2, 0) is 0 Å². The number of methoxy groups -OCH3 is 1. The van der Waals surface area contributed by atoms with Crippen molar-refractivity contribution in [1.82, 2.24) is 9.97 Å². The molecule has 0 radical (unpaired) electrons. The predicted molar refractivity (Wildman–Crippen MR) is 75.8 cm³/mol. The van der Waals surface area contributed by atoms with Gasteiger partial charge in [0.25, 0.3) is 0 Å². The van der Waals surface area contributed by atoms with E-state index in [0.717, 1.165) is 28.0 Å². The van der Waals surface area contributed by atoms with E-state index in [-0.39, 0.29) is 0 Å². The predicted octanol–water partition coefficient (Wildman–Crippen LogP) is 3.38. The van der Waals surface area contributed by atoms with Gasteiger partial charge in [0, 0.05) is 35.1 Å². The van der Waals surface area contributed by atoms with E-state index in [4.69, 9.17) is 4.74 Å². The summed E-state index contributed by atoms with van der Waals surface area (Å²) in [5.74, 6) is 1.65. The van der Waals surface area contributed by atoms with E-state index < -0.39 is 0 Å². The van der Waals surface area contributed by atoms with E-state index in [1.54, 1.807) is 25.7 Å². The molecular formula is C15H13N3O. The zero-order valence-electron chi connectivity index (χ0n) is 10.5. The molecule has 0 unspecified atom stereocenters.